The molecule has 16 heteroatoms. The van der Waals surface area contributed by atoms with Gasteiger partial charge >= 0.3 is 5.97 Å². The van der Waals surface area contributed by atoms with Crippen molar-refractivity contribution < 1.29 is 48.8 Å². The fourth-order valence-corrected chi connectivity index (χ4v) is 7.30. The van der Waals surface area contributed by atoms with E-state index in [0.29, 0.717) is 24.0 Å². The number of phenolic OH excluding ortho intramolecular Hbond substituents is 1. The smallest absolute Gasteiger partial charge is 0.335 e. The molecule has 0 saturated carbocycles. The third-order valence-corrected chi connectivity index (χ3v) is 10.6. The van der Waals surface area contributed by atoms with Gasteiger partial charge in [0.05, 0.1) is 24.9 Å². The number of hydrogen-bond acceptors (Lipinski definition) is 10. The molecule has 4 amide bonds. The Hall–Kier alpha value is -5.38. The van der Waals surface area contributed by atoms with Crippen LogP contribution in [0.4, 0.5) is 5.69 Å². The molecule has 2 aliphatic rings. The average molecular weight is 882 g/mol. The van der Waals surface area contributed by atoms with Crippen LogP contribution in [0.3, 0.4) is 0 Å². The topological polar surface area (TPSA) is 239 Å². The minimum atomic E-state index is -2.23. The molecule has 5 rings (SSSR count). The van der Waals surface area contributed by atoms with Crippen molar-refractivity contribution in [1.29, 1.82) is 0 Å². The molecule has 2 heterocycles. The predicted molar refractivity (Wildman–Crippen MR) is 239 cm³/mol. The summed E-state index contributed by atoms with van der Waals surface area (Å²) in [4.78, 5) is 67.7. The first-order chi connectivity index (χ1) is 29.2. The summed E-state index contributed by atoms with van der Waals surface area (Å²) in [5.41, 5.74) is 7.52. The maximum atomic E-state index is 14.3. The first kappa shape index (κ1) is 51.0. The van der Waals surface area contributed by atoms with E-state index in [0.717, 1.165) is 25.3 Å². The molecule has 3 aromatic rings. The molecule has 340 valence electrons. The van der Waals surface area contributed by atoms with Gasteiger partial charge in [-0.2, -0.15) is 0 Å². The SMILES string of the molecule is CCCCCCCCCCCC(=O)Nc1cc2ccc1Oc1cc(cc(O)c1OC)[C@H]([C@H](O)C(=O)O)NC(=O)[C@@H](Cc1ccccc1)NC(=O)[C@@H](NC(=O)[C@H](N)CC(C)C)C2.Cl. The van der Waals surface area contributed by atoms with E-state index < -0.39 is 59.7 Å². The van der Waals surface area contributed by atoms with Gasteiger partial charge in [0, 0.05) is 19.3 Å². The van der Waals surface area contributed by atoms with Crippen LogP contribution < -0.4 is 36.5 Å². The zero-order chi connectivity index (χ0) is 44.5. The number of ether oxygens (including phenoxy) is 2. The Morgan fingerprint density at radius 1 is 0.903 bits per heavy atom. The van der Waals surface area contributed by atoms with Crippen LogP contribution >= 0.6 is 12.4 Å². The lowest BCUT2D eigenvalue weighted by Gasteiger charge is -2.28. The second-order valence-electron chi connectivity index (χ2n) is 16.2. The fourth-order valence-electron chi connectivity index (χ4n) is 7.30. The van der Waals surface area contributed by atoms with E-state index in [9.17, 15) is 39.3 Å². The van der Waals surface area contributed by atoms with E-state index in [1.165, 1.54) is 45.3 Å². The molecule has 0 unspecified atom stereocenters. The quantitative estimate of drug-likeness (QED) is 0.0593. The van der Waals surface area contributed by atoms with Crippen molar-refractivity contribution in [3.8, 4) is 23.0 Å². The van der Waals surface area contributed by atoms with Gasteiger partial charge in [0.1, 0.15) is 12.1 Å². The van der Waals surface area contributed by atoms with Crippen LogP contribution in [0.5, 0.6) is 23.0 Å². The van der Waals surface area contributed by atoms with Crippen LogP contribution in [0.2, 0.25) is 0 Å². The van der Waals surface area contributed by atoms with Gasteiger partial charge in [-0.3, -0.25) is 19.2 Å². The lowest BCUT2D eigenvalue weighted by molar-refractivity contribution is -0.149. The van der Waals surface area contributed by atoms with E-state index in [1.54, 1.807) is 48.5 Å². The summed E-state index contributed by atoms with van der Waals surface area (Å²) < 4.78 is 11.8. The first-order valence-corrected chi connectivity index (χ1v) is 21.3. The number of carbonyl (C=O) groups is 5. The van der Waals surface area contributed by atoms with Gasteiger partial charge in [-0.05, 0) is 59.7 Å². The number of aromatic hydroxyl groups is 1. The molecule has 4 bridgehead atoms. The number of nitrogens with two attached hydrogens (primary N) is 1. The number of hydrogen-bond donors (Lipinski definition) is 8. The summed E-state index contributed by atoms with van der Waals surface area (Å²) in [6.07, 6.45) is 7.87. The van der Waals surface area contributed by atoms with Crippen molar-refractivity contribution in [3.63, 3.8) is 0 Å². The molecule has 2 aliphatic heterocycles. The minimum Gasteiger partial charge on any atom is -0.504 e. The molecule has 62 heavy (non-hydrogen) atoms. The number of aliphatic hydroxyl groups excluding tert-OH is 1. The van der Waals surface area contributed by atoms with Crippen molar-refractivity contribution in [1.82, 2.24) is 16.0 Å². The van der Waals surface area contributed by atoms with Crippen LogP contribution in [-0.2, 0) is 36.8 Å². The summed E-state index contributed by atoms with van der Waals surface area (Å²) in [6, 6.07) is 10.7. The van der Waals surface area contributed by atoms with Crippen LogP contribution in [0.25, 0.3) is 0 Å². The molecule has 0 spiro atoms. The zero-order valence-corrected chi connectivity index (χ0v) is 36.9. The Morgan fingerprint density at radius 2 is 1.56 bits per heavy atom. The number of carbonyl (C=O) groups excluding carboxylic acids is 4. The van der Waals surface area contributed by atoms with Gasteiger partial charge in [0.15, 0.2) is 23.4 Å². The number of anilines is 1. The van der Waals surface area contributed by atoms with Crippen LogP contribution in [0, 0.1) is 5.92 Å². The van der Waals surface area contributed by atoms with Crippen molar-refractivity contribution in [2.45, 2.75) is 135 Å². The van der Waals surface area contributed by atoms with E-state index >= 15 is 0 Å². The van der Waals surface area contributed by atoms with E-state index in [-0.39, 0.29) is 72.0 Å². The number of benzene rings is 3. The Bertz CT molecular complexity index is 1950. The largest absolute Gasteiger partial charge is 0.504 e. The number of fused-ring (bicyclic) bond motifs is 9. The standard InChI is InChI=1S/C46H63N5O10.ClH/c1-5-6-7-8-9-10-11-12-16-19-39(53)48-33-24-30-20-21-37(33)61-38-27-31(26-36(52)42(38)60-4)40(41(54)46(58)59)51-45(57)34(23-29-17-14-13-15-18-29)50-44(56)35(25-30)49-43(55)32(47)22-28(2)3;/h13-15,17-18,20-21,24,26-28,32,34-35,40-41,52,54H,5-12,16,19,22-23,25,47H2,1-4H3,(H,48,53)(H,49,55)(H,50,56)(H,51,57)(H,58,59);1H/t32-,34-,35+,40-,41+;/m1./s1. The van der Waals surface area contributed by atoms with Gasteiger partial charge in [-0.1, -0.05) is 109 Å². The third kappa shape index (κ3) is 15.5. The molecular weight excluding hydrogens is 818 g/mol. The number of nitrogens with one attached hydrogen (secondary N) is 4. The predicted octanol–water partition coefficient (Wildman–Crippen LogP) is 6.22. The highest BCUT2D eigenvalue weighted by molar-refractivity contribution is 5.94. The van der Waals surface area contributed by atoms with Gasteiger partial charge in [-0.15, -0.1) is 12.4 Å². The number of phenols is 1. The summed E-state index contributed by atoms with van der Waals surface area (Å²) in [5.74, 6) is -4.77. The summed E-state index contributed by atoms with van der Waals surface area (Å²) in [7, 11) is 1.29. The number of carboxylic acid groups (broad SMARTS) is 1. The molecule has 15 nitrogen and oxygen atoms in total. The molecule has 9 N–H and O–H groups in total. The summed E-state index contributed by atoms with van der Waals surface area (Å²) >= 11 is 0. The first-order valence-electron chi connectivity index (χ1n) is 21.3. The number of amides is 4. The fraction of sp³-hybridized carbons (Fsp3) is 0.500. The maximum Gasteiger partial charge on any atom is 0.335 e. The van der Waals surface area contributed by atoms with Crippen molar-refractivity contribution in [2.75, 3.05) is 12.4 Å². The second kappa shape index (κ2) is 25.5. The summed E-state index contributed by atoms with van der Waals surface area (Å²) in [6.45, 7) is 6.01. The lowest BCUT2D eigenvalue weighted by Crippen LogP contribution is -2.57. The number of halogens is 1. The highest BCUT2D eigenvalue weighted by atomic mass is 35.5. The number of rotatable bonds is 20. The molecule has 0 aliphatic carbocycles. The molecule has 0 fully saturated rings. The normalized spacial score (nSPS) is 17.4. The van der Waals surface area contributed by atoms with Gasteiger partial charge in [0.25, 0.3) is 0 Å². The maximum absolute atomic E-state index is 14.3. The molecule has 0 aromatic heterocycles. The number of methoxy groups -OCH3 is 1. The average Bonchev–Trinajstić information content (AvgIpc) is 3.21. The van der Waals surface area contributed by atoms with Crippen LogP contribution in [-0.4, -0.2) is 76.3 Å². The van der Waals surface area contributed by atoms with Crippen LogP contribution in [0.15, 0.2) is 60.7 Å². The Kier molecular flexibility index (Phi) is 21.0. The van der Waals surface area contributed by atoms with Crippen molar-refractivity contribution in [2.24, 2.45) is 11.7 Å². The minimum absolute atomic E-state index is 0. The Morgan fingerprint density at radius 3 is 2.19 bits per heavy atom. The molecule has 3 aromatic carbocycles. The Balaban J connectivity index is 0.0000102. The van der Waals surface area contributed by atoms with E-state index in [4.69, 9.17) is 15.2 Å². The number of unbranched alkanes of at least 4 members (excludes halogenated alkanes) is 8. The number of aliphatic hydroxyl groups is 1. The third-order valence-electron chi connectivity index (χ3n) is 10.6. The monoisotopic (exact) mass is 881 g/mol. The van der Waals surface area contributed by atoms with Gasteiger partial charge in [-0.25, -0.2) is 4.79 Å². The molecular formula is C46H64ClN5O10. The molecule has 0 radical (unpaired) electrons. The number of carboxylic acids is 1. The highest BCUT2D eigenvalue weighted by Gasteiger charge is 2.35. The van der Waals surface area contributed by atoms with Gasteiger partial charge in [0.2, 0.25) is 29.4 Å². The van der Waals surface area contributed by atoms with E-state index in [2.05, 4.69) is 28.2 Å². The highest BCUT2D eigenvalue weighted by Crippen LogP contribution is 2.43. The molecule has 5 atom stereocenters. The van der Waals surface area contributed by atoms with Gasteiger partial charge < -0.3 is 51.8 Å². The van der Waals surface area contributed by atoms with E-state index in [1.807, 2.05) is 13.8 Å². The summed E-state index contributed by atoms with van der Waals surface area (Å²) in [5, 5.41) is 43.1. The second-order valence-corrected chi connectivity index (χ2v) is 16.2. The molecule has 0 saturated heterocycles. The van der Waals surface area contributed by atoms with Crippen molar-refractivity contribution in [3.05, 3.63) is 77.4 Å². The number of aliphatic carboxylic acids is 1. The van der Waals surface area contributed by atoms with Crippen molar-refractivity contribution >= 4 is 47.7 Å². The zero-order valence-electron chi connectivity index (χ0n) is 36.1. The van der Waals surface area contributed by atoms with Crippen LogP contribution in [0.1, 0.15) is 114 Å². The Labute approximate surface area is 370 Å². The lowest BCUT2D eigenvalue weighted by atomic mass is 9.97.